The summed E-state index contributed by atoms with van der Waals surface area (Å²) < 4.78 is 0. The molecule has 1 unspecified atom stereocenters. The normalized spacial score (nSPS) is 14.5. The van der Waals surface area contributed by atoms with Crippen molar-refractivity contribution in [1.29, 1.82) is 0 Å². The number of aliphatic hydroxyl groups is 1. The van der Waals surface area contributed by atoms with Crippen LogP contribution in [0.25, 0.3) is 0 Å². The van der Waals surface area contributed by atoms with Gasteiger partial charge in [-0.15, -0.1) is 0 Å². The first-order chi connectivity index (χ1) is 10.6. The van der Waals surface area contributed by atoms with Crippen LogP contribution in [0.15, 0.2) is 42.6 Å². The summed E-state index contributed by atoms with van der Waals surface area (Å²) in [4.78, 5) is 18.5. The van der Waals surface area contributed by atoms with E-state index >= 15 is 0 Å². The number of hydrogen-bond acceptors (Lipinski definition) is 4. The molecule has 0 aliphatic carbocycles. The fraction of sp³-hybridized carbons (Fsp3) is 0.294. The first kappa shape index (κ1) is 14.5. The average Bonchev–Trinajstić information content (AvgIpc) is 2.97. The molecule has 1 amide bonds. The lowest BCUT2D eigenvalue weighted by Gasteiger charge is -2.18. The van der Waals surface area contributed by atoms with Crippen LogP contribution in [-0.4, -0.2) is 35.2 Å². The van der Waals surface area contributed by atoms with Crippen LogP contribution in [0.5, 0.6) is 0 Å². The van der Waals surface area contributed by atoms with Gasteiger partial charge in [0.1, 0.15) is 5.82 Å². The van der Waals surface area contributed by atoms with Crippen LogP contribution in [0, 0.1) is 0 Å². The van der Waals surface area contributed by atoms with E-state index in [-0.39, 0.29) is 12.5 Å². The third-order valence-electron chi connectivity index (χ3n) is 3.73. The third-order valence-corrected chi connectivity index (χ3v) is 3.73. The zero-order valence-electron chi connectivity index (χ0n) is 12.5. The molecule has 0 radical (unpaired) electrons. The molecule has 1 atom stereocenters. The number of para-hydroxylation sites is 1. The number of anilines is 2. The molecular weight excluding hydrogens is 278 g/mol. The molecule has 1 aliphatic heterocycles. The molecule has 114 valence electrons. The lowest BCUT2D eigenvalue weighted by molar-refractivity contribution is 0.0923. The second-order valence-corrected chi connectivity index (χ2v) is 5.49. The van der Waals surface area contributed by atoms with E-state index in [0.717, 1.165) is 18.8 Å². The number of hydrogen-bond donors (Lipinski definition) is 2. The molecular formula is C17H19N3O2. The first-order valence-electron chi connectivity index (χ1n) is 7.43. The number of fused-ring (bicyclic) bond motifs is 1. The molecule has 5 heteroatoms. The minimum Gasteiger partial charge on any atom is -0.392 e. The van der Waals surface area contributed by atoms with E-state index in [1.54, 1.807) is 19.2 Å². The van der Waals surface area contributed by atoms with Crippen molar-refractivity contribution >= 4 is 17.4 Å². The number of amides is 1. The zero-order chi connectivity index (χ0) is 15.5. The third kappa shape index (κ3) is 2.94. The SMILES string of the molecule is CC(O)CNC(=O)c1ccc(N2CCc3ccccc32)nc1. The van der Waals surface area contributed by atoms with Crippen LogP contribution in [0.1, 0.15) is 22.8 Å². The molecule has 1 aliphatic rings. The maximum Gasteiger partial charge on any atom is 0.252 e. The minimum atomic E-state index is -0.558. The number of aromatic nitrogens is 1. The lowest BCUT2D eigenvalue weighted by Crippen LogP contribution is -2.30. The number of pyridine rings is 1. The van der Waals surface area contributed by atoms with E-state index in [1.165, 1.54) is 11.3 Å². The van der Waals surface area contributed by atoms with Crippen molar-refractivity contribution in [3.8, 4) is 0 Å². The summed E-state index contributed by atoms with van der Waals surface area (Å²) in [6, 6.07) is 11.9. The summed E-state index contributed by atoms with van der Waals surface area (Å²) in [6.45, 7) is 2.77. The highest BCUT2D eigenvalue weighted by molar-refractivity contribution is 5.94. The second-order valence-electron chi connectivity index (χ2n) is 5.49. The summed E-state index contributed by atoms with van der Waals surface area (Å²) in [5.41, 5.74) is 3.00. The van der Waals surface area contributed by atoms with Gasteiger partial charge in [-0.05, 0) is 37.1 Å². The summed E-state index contributed by atoms with van der Waals surface area (Å²) in [7, 11) is 0. The largest absolute Gasteiger partial charge is 0.392 e. The topological polar surface area (TPSA) is 65.5 Å². The highest BCUT2D eigenvalue weighted by Gasteiger charge is 2.20. The van der Waals surface area contributed by atoms with Crippen LogP contribution >= 0.6 is 0 Å². The van der Waals surface area contributed by atoms with Gasteiger partial charge < -0.3 is 15.3 Å². The molecule has 2 N–H and O–H groups in total. The van der Waals surface area contributed by atoms with E-state index < -0.39 is 6.10 Å². The maximum atomic E-state index is 11.9. The molecule has 0 saturated heterocycles. The Hall–Kier alpha value is -2.40. The van der Waals surface area contributed by atoms with Crippen molar-refractivity contribution in [2.24, 2.45) is 0 Å². The molecule has 0 fully saturated rings. The predicted octanol–water partition coefficient (Wildman–Crippen LogP) is 1.89. The molecule has 22 heavy (non-hydrogen) atoms. The molecule has 0 saturated carbocycles. The van der Waals surface area contributed by atoms with Crippen molar-refractivity contribution in [2.75, 3.05) is 18.0 Å². The molecule has 2 heterocycles. The highest BCUT2D eigenvalue weighted by atomic mass is 16.3. The summed E-state index contributed by atoms with van der Waals surface area (Å²) in [6.07, 6.45) is 2.03. The van der Waals surface area contributed by atoms with Crippen molar-refractivity contribution in [2.45, 2.75) is 19.4 Å². The van der Waals surface area contributed by atoms with Gasteiger partial charge in [0.15, 0.2) is 0 Å². The minimum absolute atomic E-state index is 0.221. The average molecular weight is 297 g/mol. The van der Waals surface area contributed by atoms with E-state index in [4.69, 9.17) is 0 Å². The Morgan fingerprint density at radius 2 is 2.18 bits per heavy atom. The van der Waals surface area contributed by atoms with Gasteiger partial charge in [-0.2, -0.15) is 0 Å². The molecule has 0 spiro atoms. The Balaban J connectivity index is 1.74. The Bertz CT molecular complexity index is 668. The van der Waals surface area contributed by atoms with Crippen molar-refractivity contribution < 1.29 is 9.90 Å². The van der Waals surface area contributed by atoms with E-state index in [2.05, 4.69) is 27.3 Å². The lowest BCUT2D eigenvalue weighted by atomic mass is 10.2. The monoisotopic (exact) mass is 297 g/mol. The molecule has 3 rings (SSSR count). The Labute approximate surface area is 129 Å². The predicted molar refractivity (Wildman–Crippen MR) is 85.4 cm³/mol. The van der Waals surface area contributed by atoms with E-state index in [9.17, 15) is 9.90 Å². The maximum absolute atomic E-state index is 11.9. The fourth-order valence-corrected chi connectivity index (χ4v) is 2.60. The van der Waals surface area contributed by atoms with Crippen LogP contribution < -0.4 is 10.2 Å². The number of nitrogens with one attached hydrogen (secondary N) is 1. The standard InChI is InChI=1S/C17H19N3O2/c1-12(21)10-19-17(22)14-6-7-16(18-11-14)20-9-8-13-4-2-3-5-15(13)20/h2-7,11-12,21H,8-10H2,1H3,(H,19,22). The highest BCUT2D eigenvalue weighted by Crippen LogP contribution is 2.32. The van der Waals surface area contributed by atoms with Gasteiger partial charge in [-0.25, -0.2) is 4.98 Å². The number of benzene rings is 1. The van der Waals surface area contributed by atoms with Gasteiger partial charge in [-0.1, -0.05) is 18.2 Å². The van der Waals surface area contributed by atoms with Gasteiger partial charge in [0.2, 0.25) is 0 Å². The quantitative estimate of drug-likeness (QED) is 0.904. The van der Waals surface area contributed by atoms with Crippen molar-refractivity contribution in [3.63, 3.8) is 0 Å². The summed E-state index contributed by atoms with van der Waals surface area (Å²) in [5.74, 6) is 0.624. The number of nitrogens with zero attached hydrogens (tertiary/aromatic N) is 2. The smallest absolute Gasteiger partial charge is 0.252 e. The number of carbonyl (C=O) groups is 1. The Kier molecular flexibility index (Phi) is 4.06. The van der Waals surface area contributed by atoms with Gasteiger partial charge in [0.25, 0.3) is 5.91 Å². The van der Waals surface area contributed by atoms with E-state index in [1.807, 2.05) is 18.2 Å². The summed E-state index contributed by atoms with van der Waals surface area (Å²) >= 11 is 0. The molecule has 5 nitrogen and oxygen atoms in total. The van der Waals surface area contributed by atoms with Crippen molar-refractivity contribution in [3.05, 3.63) is 53.7 Å². The van der Waals surface area contributed by atoms with Gasteiger partial charge >= 0.3 is 0 Å². The molecule has 1 aromatic heterocycles. The fourth-order valence-electron chi connectivity index (χ4n) is 2.60. The molecule has 1 aromatic carbocycles. The van der Waals surface area contributed by atoms with E-state index in [0.29, 0.717) is 5.56 Å². The number of carbonyl (C=O) groups excluding carboxylic acids is 1. The van der Waals surface area contributed by atoms with Crippen LogP contribution in [0.2, 0.25) is 0 Å². The second kappa shape index (κ2) is 6.15. The molecule has 2 aromatic rings. The van der Waals surface area contributed by atoms with Crippen LogP contribution in [0.3, 0.4) is 0 Å². The van der Waals surface area contributed by atoms with Crippen molar-refractivity contribution in [1.82, 2.24) is 10.3 Å². The van der Waals surface area contributed by atoms with Gasteiger partial charge in [0, 0.05) is 25.0 Å². The number of rotatable bonds is 4. The summed E-state index contributed by atoms with van der Waals surface area (Å²) in [5, 5.41) is 11.9. The Morgan fingerprint density at radius 3 is 2.91 bits per heavy atom. The zero-order valence-corrected chi connectivity index (χ0v) is 12.5. The van der Waals surface area contributed by atoms with Crippen LogP contribution in [0.4, 0.5) is 11.5 Å². The molecule has 0 bridgehead atoms. The van der Waals surface area contributed by atoms with Gasteiger partial charge in [-0.3, -0.25) is 4.79 Å². The number of aliphatic hydroxyl groups excluding tert-OH is 1. The first-order valence-corrected chi connectivity index (χ1v) is 7.43. The van der Waals surface area contributed by atoms with Gasteiger partial charge in [0.05, 0.1) is 11.7 Å². The Morgan fingerprint density at radius 1 is 1.36 bits per heavy atom. The van der Waals surface area contributed by atoms with Crippen LogP contribution in [-0.2, 0) is 6.42 Å².